The van der Waals surface area contributed by atoms with Crippen molar-refractivity contribution in [1.29, 1.82) is 0 Å². The van der Waals surface area contributed by atoms with E-state index in [1.54, 1.807) is 24.5 Å². The van der Waals surface area contributed by atoms with Crippen molar-refractivity contribution in [2.45, 2.75) is 66.4 Å². The summed E-state index contributed by atoms with van der Waals surface area (Å²) < 4.78 is 33.8. The van der Waals surface area contributed by atoms with Gasteiger partial charge in [0.25, 0.3) is 0 Å². The molecule has 4 rings (SSSR count). The van der Waals surface area contributed by atoms with Crippen molar-refractivity contribution in [2.75, 3.05) is 29.9 Å². The van der Waals surface area contributed by atoms with E-state index in [2.05, 4.69) is 34.0 Å². The summed E-state index contributed by atoms with van der Waals surface area (Å²) in [5, 5.41) is 3.04. The quantitative estimate of drug-likeness (QED) is 0.315. The molecule has 39 heavy (non-hydrogen) atoms. The first-order valence-corrected chi connectivity index (χ1v) is 13.6. The zero-order chi connectivity index (χ0) is 28.2. The van der Waals surface area contributed by atoms with Crippen molar-refractivity contribution in [3.8, 4) is 11.1 Å². The SMILES string of the molecule is Cc1ncc(-c2cnc(NCCc3ccc(F)cc3)c(F)c2)c(N2CCC(C)(C)CC2)c1CC(=O)OC(C)C. The molecule has 1 aromatic carbocycles. The van der Waals surface area contributed by atoms with Gasteiger partial charge in [-0.25, -0.2) is 13.8 Å². The van der Waals surface area contributed by atoms with Crippen molar-refractivity contribution in [1.82, 2.24) is 9.97 Å². The van der Waals surface area contributed by atoms with Crippen LogP contribution in [0.15, 0.2) is 42.7 Å². The smallest absolute Gasteiger partial charge is 0.310 e. The predicted octanol–water partition coefficient (Wildman–Crippen LogP) is 6.51. The van der Waals surface area contributed by atoms with Crippen molar-refractivity contribution in [3.05, 3.63) is 71.2 Å². The maximum Gasteiger partial charge on any atom is 0.310 e. The molecular formula is C31H38F2N4O2. The van der Waals surface area contributed by atoms with E-state index in [4.69, 9.17) is 4.74 Å². The fraction of sp³-hybridized carbons (Fsp3) is 0.452. The van der Waals surface area contributed by atoms with Crippen LogP contribution in [-0.2, 0) is 22.4 Å². The standard InChI is InChI=1S/C31H38F2N4O2/c1-20(2)39-28(38)17-25-21(3)35-19-26(29(25)37-14-11-31(4,5)12-15-37)23-16-27(33)30(36-18-23)34-13-10-22-6-8-24(32)9-7-22/h6-9,16,18-20H,10-15,17H2,1-5H3,(H,34,36). The third-order valence-corrected chi connectivity index (χ3v) is 7.26. The molecule has 8 heteroatoms. The lowest BCUT2D eigenvalue weighted by atomic mass is 9.82. The Morgan fingerprint density at radius 2 is 1.79 bits per heavy atom. The van der Waals surface area contributed by atoms with Crippen LogP contribution in [0.4, 0.5) is 20.3 Å². The zero-order valence-corrected chi connectivity index (χ0v) is 23.5. The van der Waals surface area contributed by atoms with E-state index < -0.39 is 5.82 Å². The summed E-state index contributed by atoms with van der Waals surface area (Å²) in [6.07, 6.45) is 5.90. The van der Waals surface area contributed by atoms with E-state index in [9.17, 15) is 9.18 Å². The number of rotatable bonds is 9. The minimum absolute atomic E-state index is 0.0962. The first kappa shape index (κ1) is 28.5. The lowest BCUT2D eigenvalue weighted by Crippen LogP contribution is -2.38. The molecule has 1 fully saturated rings. The second-order valence-corrected chi connectivity index (χ2v) is 11.3. The number of anilines is 2. The fourth-order valence-electron chi connectivity index (χ4n) is 4.89. The summed E-state index contributed by atoms with van der Waals surface area (Å²) in [5.41, 5.74) is 5.00. The minimum Gasteiger partial charge on any atom is -0.463 e. The maximum absolute atomic E-state index is 15.2. The molecule has 0 amide bonds. The number of benzene rings is 1. The summed E-state index contributed by atoms with van der Waals surface area (Å²) in [5.74, 6) is -0.912. The van der Waals surface area contributed by atoms with Gasteiger partial charge in [-0.2, -0.15) is 0 Å². The maximum atomic E-state index is 15.2. The van der Waals surface area contributed by atoms with Crippen LogP contribution in [0, 0.1) is 24.0 Å². The average Bonchev–Trinajstić information content (AvgIpc) is 2.87. The number of esters is 1. The third-order valence-electron chi connectivity index (χ3n) is 7.26. The number of carbonyl (C=O) groups excluding carboxylic acids is 1. The van der Waals surface area contributed by atoms with E-state index in [1.807, 2.05) is 20.8 Å². The number of hydrogen-bond acceptors (Lipinski definition) is 6. The number of hydrogen-bond donors (Lipinski definition) is 1. The van der Waals surface area contributed by atoms with Gasteiger partial charge in [-0.1, -0.05) is 26.0 Å². The third kappa shape index (κ3) is 7.31. The monoisotopic (exact) mass is 536 g/mol. The molecule has 0 unspecified atom stereocenters. The van der Waals surface area contributed by atoms with E-state index >= 15 is 4.39 Å². The molecule has 1 aliphatic rings. The zero-order valence-electron chi connectivity index (χ0n) is 23.5. The molecule has 0 saturated carbocycles. The summed E-state index contributed by atoms with van der Waals surface area (Å²) in [6.45, 7) is 12.2. The summed E-state index contributed by atoms with van der Waals surface area (Å²) in [6, 6.07) is 7.72. The van der Waals surface area contributed by atoms with Gasteiger partial charge in [-0.3, -0.25) is 9.78 Å². The highest BCUT2D eigenvalue weighted by Gasteiger charge is 2.30. The van der Waals surface area contributed by atoms with Crippen LogP contribution in [0.2, 0.25) is 0 Å². The Balaban J connectivity index is 1.62. The molecule has 1 aliphatic heterocycles. The van der Waals surface area contributed by atoms with Gasteiger partial charge in [0.1, 0.15) is 5.82 Å². The van der Waals surface area contributed by atoms with E-state index in [0.29, 0.717) is 18.5 Å². The highest BCUT2D eigenvalue weighted by molar-refractivity contribution is 5.85. The van der Waals surface area contributed by atoms with Gasteiger partial charge in [0.2, 0.25) is 0 Å². The van der Waals surface area contributed by atoms with Crippen LogP contribution in [0.1, 0.15) is 57.4 Å². The first-order chi connectivity index (χ1) is 18.5. The van der Waals surface area contributed by atoms with Crippen molar-refractivity contribution >= 4 is 17.5 Å². The number of halogens is 2. The molecule has 1 saturated heterocycles. The van der Waals surface area contributed by atoms with Gasteiger partial charge in [0.15, 0.2) is 11.6 Å². The minimum atomic E-state index is -0.473. The topological polar surface area (TPSA) is 67.4 Å². The van der Waals surface area contributed by atoms with Gasteiger partial charge in [0.05, 0.1) is 18.2 Å². The lowest BCUT2D eigenvalue weighted by molar-refractivity contribution is -0.146. The van der Waals surface area contributed by atoms with Gasteiger partial charge >= 0.3 is 5.97 Å². The van der Waals surface area contributed by atoms with Crippen molar-refractivity contribution in [3.63, 3.8) is 0 Å². The Morgan fingerprint density at radius 3 is 2.44 bits per heavy atom. The van der Waals surface area contributed by atoms with Gasteiger partial charge < -0.3 is 15.0 Å². The highest BCUT2D eigenvalue weighted by atomic mass is 19.1. The number of pyridine rings is 2. The summed E-state index contributed by atoms with van der Waals surface area (Å²) >= 11 is 0. The molecule has 3 heterocycles. The molecule has 0 aliphatic carbocycles. The molecule has 3 aromatic rings. The van der Waals surface area contributed by atoms with E-state index in [1.165, 1.54) is 18.2 Å². The summed E-state index contributed by atoms with van der Waals surface area (Å²) in [4.78, 5) is 24.0. The Bertz CT molecular complexity index is 1300. The number of nitrogens with zero attached hydrogens (tertiary/aromatic N) is 3. The van der Waals surface area contributed by atoms with Crippen LogP contribution in [0.25, 0.3) is 11.1 Å². The number of nitrogens with one attached hydrogen (secondary N) is 1. The van der Waals surface area contributed by atoms with Crippen LogP contribution >= 0.6 is 0 Å². The molecule has 6 nitrogen and oxygen atoms in total. The molecule has 0 atom stereocenters. The lowest BCUT2D eigenvalue weighted by Gasteiger charge is -2.40. The number of piperidine rings is 1. The molecule has 2 aromatic heterocycles. The van der Waals surface area contributed by atoms with E-state index in [0.717, 1.165) is 54.0 Å². The average molecular weight is 537 g/mol. The van der Waals surface area contributed by atoms with Crippen LogP contribution in [-0.4, -0.2) is 41.7 Å². The van der Waals surface area contributed by atoms with Gasteiger partial charge in [0, 0.05) is 54.4 Å². The van der Waals surface area contributed by atoms with Crippen molar-refractivity contribution in [2.24, 2.45) is 5.41 Å². The largest absolute Gasteiger partial charge is 0.463 e. The number of aromatic nitrogens is 2. The van der Waals surface area contributed by atoms with Crippen LogP contribution < -0.4 is 10.2 Å². The number of carbonyl (C=O) groups is 1. The first-order valence-electron chi connectivity index (χ1n) is 13.6. The Labute approximate surface area is 229 Å². The molecular weight excluding hydrogens is 498 g/mol. The molecule has 208 valence electrons. The Morgan fingerprint density at radius 1 is 1.10 bits per heavy atom. The second kappa shape index (κ2) is 12.1. The predicted molar refractivity (Wildman–Crippen MR) is 151 cm³/mol. The van der Waals surface area contributed by atoms with Crippen LogP contribution in [0.3, 0.4) is 0 Å². The fourth-order valence-corrected chi connectivity index (χ4v) is 4.89. The van der Waals surface area contributed by atoms with Crippen LogP contribution in [0.5, 0.6) is 0 Å². The molecule has 0 bridgehead atoms. The van der Waals surface area contributed by atoms with Gasteiger partial charge in [-0.15, -0.1) is 0 Å². The Hall–Kier alpha value is -3.55. The second-order valence-electron chi connectivity index (χ2n) is 11.3. The molecule has 1 N–H and O–H groups in total. The normalized spacial score (nSPS) is 14.9. The number of ether oxygens (including phenoxy) is 1. The van der Waals surface area contributed by atoms with Crippen molar-refractivity contribution < 1.29 is 18.3 Å². The molecule has 0 radical (unpaired) electrons. The van der Waals surface area contributed by atoms with E-state index in [-0.39, 0.29) is 35.5 Å². The Kier molecular flexibility index (Phi) is 8.83. The summed E-state index contributed by atoms with van der Waals surface area (Å²) in [7, 11) is 0. The number of aryl methyl sites for hydroxylation is 1. The van der Waals surface area contributed by atoms with Gasteiger partial charge in [-0.05, 0) is 69.2 Å². The highest BCUT2D eigenvalue weighted by Crippen LogP contribution is 2.40. The molecule has 0 spiro atoms.